The number of nitrogens with two attached hydrogens (primary N) is 1. The first-order valence-corrected chi connectivity index (χ1v) is 6.36. The molecule has 0 bridgehead atoms. The maximum atomic E-state index is 11.7. The highest BCUT2D eigenvalue weighted by Gasteiger charge is 2.17. The van der Waals surface area contributed by atoms with Crippen LogP contribution in [0.1, 0.15) is 0 Å². The van der Waals surface area contributed by atoms with Crippen LogP contribution in [0.5, 0.6) is 0 Å². The molecule has 84 valence electrons. The molecular weight excluding hydrogens is 259 g/mol. The van der Waals surface area contributed by atoms with Crippen LogP contribution in [0.3, 0.4) is 0 Å². The Bertz CT molecular complexity index is 448. The van der Waals surface area contributed by atoms with E-state index in [-0.39, 0.29) is 23.0 Å². The molecule has 7 heteroatoms. The average Bonchev–Trinajstić information content (AvgIpc) is 2.18. The number of nitrogens with one attached hydrogen (secondary N) is 1. The van der Waals surface area contributed by atoms with E-state index in [2.05, 4.69) is 4.72 Å². The summed E-state index contributed by atoms with van der Waals surface area (Å²) in [6.45, 7) is 0.378. The van der Waals surface area contributed by atoms with Gasteiger partial charge in [0.05, 0.1) is 5.02 Å². The standard InChI is InChI=1S/C8H10Cl2N2O2S/c9-6-1-2-7(10)8(5-6)15(13,14)12-4-3-11/h1-2,5,12H,3-4,11H2. The summed E-state index contributed by atoms with van der Waals surface area (Å²) in [5, 5.41) is 0.441. The molecule has 1 aromatic rings. The maximum absolute atomic E-state index is 11.7. The first-order chi connectivity index (χ1) is 6.97. The van der Waals surface area contributed by atoms with Crippen LogP contribution in [0.25, 0.3) is 0 Å². The minimum Gasteiger partial charge on any atom is -0.329 e. The van der Waals surface area contributed by atoms with Crippen molar-refractivity contribution >= 4 is 33.2 Å². The third kappa shape index (κ3) is 3.32. The van der Waals surface area contributed by atoms with E-state index < -0.39 is 10.0 Å². The molecule has 15 heavy (non-hydrogen) atoms. The Morgan fingerprint density at radius 2 is 2.00 bits per heavy atom. The van der Waals surface area contributed by atoms with Crippen LogP contribution < -0.4 is 10.5 Å². The molecule has 0 aromatic heterocycles. The van der Waals surface area contributed by atoms with Gasteiger partial charge in [-0.15, -0.1) is 0 Å². The van der Waals surface area contributed by atoms with Gasteiger partial charge >= 0.3 is 0 Å². The quantitative estimate of drug-likeness (QED) is 0.863. The Morgan fingerprint density at radius 3 is 2.60 bits per heavy atom. The van der Waals surface area contributed by atoms with Crippen LogP contribution in [0.2, 0.25) is 10.0 Å². The van der Waals surface area contributed by atoms with Crippen molar-refractivity contribution in [2.75, 3.05) is 13.1 Å². The summed E-state index contributed by atoms with van der Waals surface area (Å²) in [6.07, 6.45) is 0. The minimum absolute atomic E-state index is 0.0369. The van der Waals surface area contributed by atoms with Crippen LogP contribution >= 0.6 is 23.2 Å². The van der Waals surface area contributed by atoms with Crippen molar-refractivity contribution < 1.29 is 8.42 Å². The van der Waals surface area contributed by atoms with Gasteiger partial charge in [0.1, 0.15) is 4.90 Å². The van der Waals surface area contributed by atoms with Gasteiger partial charge in [0.2, 0.25) is 10.0 Å². The van der Waals surface area contributed by atoms with Crippen LogP contribution in [-0.2, 0) is 10.0 Å². The molecule has 3 N–H and O–H groups in total. The second-order valence-electron chi connectivity index (χ2n) is 2.76. The zero-order chi connectivity index (χ0) is 11.5. The molecule has 4 nitrogen and oxygen atoms in total. The zero-order valence-corrected chi connectivity index (χ0v) is 10.0. The SMILES string of the molecule is NCCNS(=O)(=O)c1cc(Cl)ccc1Cl. The van der Waals surface area contributed by atoms with E-state index in [4.69, 9.17) is 28.9 Å². The van der Waals surface area contributed by atoms with Crippen molar-refractivity contribution in [1.29, 1.82) is 0 Å². The Hall–Kier alpha value is -0.330. The molecular formula is C8H10Cl2N2O2S. The van der Waals surface area contributed by atoms with Crippen molar-refractivity contribution in [3.63, 3.8) is 0 Å². The third-order valence-corrected chi connectivity index (χ3v) is 3.80. The highest BCUT2D eigenvalue weighted by molar-refractivity contribution is 7.89. The molecule has 0 saturated carbocycles. The summed E-state index contributed by atoms with van der Waals surface area (Å²) in [5.41, 5.74) is 5.20. The van der Waals surface area contributed by atoms with Crippen molar-refractivity contribution in [2.45, 2.75) is 4.90 Å². The number of rotatable bonds is 4. The number of hydrogen-bond donors (Lipinski definition) is 2. The Kier molecular flexibility index (Phi) is 4.36. The zero-order valence-electron chi connectivity index (χ0n) is 7.70. The topological polar surface area (TPSA) is 72.2 Å². The molecule has 0 saturated heterocycles. The van der Waals surface area contributed by atoms with Gasteiger partial charge in [-0.25, -0.2) is 13.1 Å². The highest BCUT2D eigenvalue weighted by Crippen LogP contribution is 2.24. The Balaban J connectivity index is 3.09. The number of sulfonamides is 1. The molecule has 0 aliphatic carbocycles. The van der Waals surface area contributed by atoms with E-state index in [0.29, 0.717) is 5.02 Å². The predicted octanol–water partition coefficient (Wildman–Crippen LogP) is 1.23. The van der Waals surface area contributed by atoms with Crippen molar-refractivity contribution in [3.8, 4) is 0 Å². The van der Waals surface area contributed by atoms with E-state index in [0.717, 1.165) is 0 Å². The molecule has 0 aliphatic heterocycles. The summed E-state index contributed by atoms with van der Waals surface area (Å²) in [7, 11) is -3.62. The Morgan fingerprint density at radius 1 is 1.33 bits per heavy atom. The lowest BCUT2D eigenvalue weighted by Gasteiger charge is -2.07. The van der Waals surface area contributed by atoms with Gasteiger partial charge < -0.3 is 5.73 Å². The minimum atomic E-state index is -3.62. The second-order valence-corrected chi connectivity index (χ2v) is 5.34. The first-order valence-electron chi connectivity index (χ1n) is 4.12. The second kappa shape index (κ2) is 5.14. The smallest absolute Gasteiger partial charge is 0.242 e. The maximum Gasteiger partial charge on any atom is 0.242 e. The number of halogens is 2. The van der Waals surface area contributed by atoms with Gasteiger partial charge in [-0.05, 0) is 18.2 Å². The van der Waals surface area contributed by atoms with Gasteiger partial charge in [-0.2, -0.15) is 0 Å². The summed E-state index contributed by atoms with van der Waals surface area (Å²) >= 11 is 11.4. The lowest BCUT2D eigenvalue weighted by molar-refractivity contribution is 0.582. The van der Waals surface area contributed by atoms with Gasteiger partial charge in [-0.1, -0.05) is 23.2 Å². The lowest BCUT2D eigenvalue weighted by atomic mass is 10.4. The molecule has 0 atom stereocenters. The van der Waals surface area contributed by atoms with E-state index >= 15 is 0 Å². The lowest BCUT2D eigenvalue weighted by Crippen LogP contribution is -2.29. The molecule has 0 aliphatic rings. The van der Waals surface area contributed by atoms with Gasteiger partial charge in [0.15, 0.2) is 0 Å². The van der Waals surface area contributed by atoms with Crippen molar-refractivity contribution in [1.82, 2.24) is 4.72 Å². The first kappa shape index (κ1) is 12.7. The highest BCUT2D eigenvalue weighted by atomic mass is 35.5. The molecule has 1 rings (SSSR count). The van der Waals surface area contributed by atoms with Crippen LogP contribution in [0, 0.1) is 0 Å². The van der Waals surface area contributed by atoms with Crippen LogP contribution in [0.4, 0.5) is 0 Å². The largest absolute Gasteiger partial charge is 0.329 e. The molecule has 0 amide bonds. The monoisotopic (exact) mass is 268 g/mol. The average molecular weight is 269 g/mol. The summed E-state index contributed by atoms with van der Waals surface area (Å²) in [5.74, 6) is 0. The molecule has 0 unspecified atom stereocenters. The fourth-order valence-electron chi connectivity index (χ4n) is 0.954. The van der Waals surface area contributed by atoms with Crippen LogP contribution in [-0.4, -0.2) is 21.5 Å². The van der Waals surface area contributed by atoms with Crippen molar-refractivity contribution in [2.24, 2.45) is 5.73 Å². The fraction of sp³-hybridized carbons (Fsp3) is 0.250. The van der Waals surface area contributed by atoms with Gasteiger partial charge in [0.25, 0.3) is 0 Å². The van der Waals surface area contributed by atoms with Gasteiger partial charge in [-0.3, -0.25) is 0 Å². The summed E-state index contributed by atoms with van der Waals surface area (Å²) < 4.78 is 25.6. The molecule has 1 aromatic carbocycles. The predicted molar refractivity (Wildman–Crippen MR) is 60.7 cm³/mol. The number of benzene rings is 1. The van der Waals surface area contributed by atoms with Crippen LogP contribution in [0.15, 0.2) is 23.1 Å². The summed E-state index contributed by atoms with van der Waals surface area (Å²) in [6, 6.07) is 4.25. The van der Waals surface area contributed by atoms with Crippen molar-refractivity contribution in [3.05, 3.63) is 28.2 Å². The molecule has 0 heterocycles. The fourth-order valence-corrected chi connectivity index (χ4v) is 2.76. The molecule has 0 fully saturated rings. The van der Waals surface area contributed by atoms with Gasteiger partial charge in [0, 0.05) is 18.1 Å². The third-order valence-electron chi connectivity index (χ3n) is 1.62. The molecule has 0 spiro atoms. The van der Waals surface area contributed by atoms with E-state index in [1.165, 1.54) is 18.2 Å². The summed E-state index contributed by atoms with van der Waals surface area (Å²) in [4.78, 5) is -0.0369. The Labute approximate surface area is 98.4 Å². The normalized spacial score (nSPS) is 11.7. The number of hydrogen-bond acceptors (Lipinski definition) is 3. The van der Waals surface area contributed by atoms with E-state index in [9.17, 15) is 8.42 Å². The van der Waals surface area contributed by atoms with E-state index in [1.54, 1.807) is 0 Å². The molecule has 0 radical (unpaired) electrons. The van der Waals surface area contributed by atoms with E-state index in [1.807, 2.05) is 0 Å².